The SMILES string of the molecule is C[C@H]1CCCC(=O)CCC/C=C/c2cc(O)cc(O)c2C(=O)O1.O=c1oc2cc(O)ccc2c2oc3cc(O)ccc3c12. The standard InChI is InChI=1S/C18H22O5.C15H8O5/c1-12-6-5-9-14(19)8-4-2-3-7-13-10-15(20)11-16(21)17(13)18(22)23-12;16-7-1-3-9-11(5-7)19-14-10-4-2-8(17)6-12(10)20-15(18)13(9)14/h3,7,10-12,20-21H,2,4-6,8-9H2,1H3;1-6,16-17H/b7-3+;/t12-;/m0./s1. The number of ether oxygens (including phenoxy) is 1. The third kappa shape index (κ3) is 6.48. The van der Waals surface area contributed by atoms with Gasteiger partial charge in [0.2, 0.25) is 0 Å². The van der Waals surface area contributed by atoms with Crippen molar-refractivity contribution in [2.75, 3.05) is 0 Å². The van der Waals surface area contributed by atoms with Crippen molar-refractivity contribution in [1.29, 1.82) is 0 Å². The number of benzene rings is 3. The fourth-order valence-electron chi connectivity index (χ4n) is 5.04. The smallest absolute Gasteiger partial charge is 0.348 e. The third-order valence-corrected chi connectivity index (χ3v) is 7.13. The van der Waals surface area contributed by atoms with Crippen LogP contribution in [0.5, 0.6) is 23.0 Å². The average molecular weight is 587 g/mol. The fourth-order valence-corrected chi connectivity index (χ4v) is 5.04. The van der Waals surface area contributed by atoms with Crippen molar-refractivity contribution < 1.29 is 43.6 Å². The molecule has 1 aliphatic rings. The molecule has 5 aromatic rings. The number of hydrogen-bond donors (Lipinski definition) is 4. The molecule has 1 atom stereocenters. The maximum Gasteiger partial charge on any atom is 0.348 e. The molecule has 0 radical (unpaired) electrons. The quantitative estimate of drug-likeness (QED) is 0.113. The number of Topliss-reactive ketones (excluding diaryl/α,β-unsaturated/α-hetero) is 1. The van der Waals surface area contributed by atoms with E-state index in [9.17, 15) is 34.8 Å². The van der Waals surface area contributed by atoms with Gasteiger partial charge in [0, 0.05) is 36.4 Å². The van der Waals surface area contributed by atoms with Gasteiger partial charge in [-0.25, -0.2) is 9.59 Å². The number of hydrogen-bond acceptors (Lipinski definition) is 10. The highest BCUT2D eigenvalue weighted by molar-refractivity contribution is 6.13. The number of furan rings is 1. The van der Waals surface area contributed by atoms with Gasteiger partial charge in [0.15, 0.2) is 5.58 Å². The van der Waals surface area contributed by atoms with Crippen LogP contribution in [0.4, 0.5) is 0 Å². The lowest BCUT2D eigenvalue weighted by Gasteiger charge is -2.15. The first-order valence-corrected chi connectivity index (χ1v) is 13.9. The molecule has 0 saturated carbocycles. The molecule has 4 N–H and O–H groups in total. The lowest BCUT2D eigenvalue weighted by Crippen LogP contribution is -2.16. The van der Waals surface area contributed by atoms with Gasteiger partial charge in [0.25, 0.3) is 0 Å². The van der Waals surface area contributed by atoms with E-state index in [1.807, 2.05) is 6.08 Å². The van der Waals surface area contributed by atoms with E-state index in [0.29, 0.717) is 65.0 Å². The molecule has 3 aromatic carbocycles. The lowest BCUT2D eigenvalue weighted by atomic mass is 10.0. The molecule has 0 spiro atoms. The van der Waals surface area contributed by atoms with Gasteiger partial charge >= 0.3 is 11.6 Å². The Hall–Kier alpha value is -5.25. The maximum atomic E-state index is 12.3. The number of phenolic OH excluding ortho intramolecular Hbond substituents is 4. The van der Waals surface area contributed by atoms with Crippen LogP contribution in [0, 0.1) is 0 Å². The summed E-state index contributed by atoms with van der Waals surface area (Å²) >= 11 is 0. The number of fused-ring (bicyclic) bond motifs is 6. The Balaban J connectivity index is 0.000000172. The Bertz CT molecular complexity index is 1930. The van der Waals surface area contributed by atoms with Crippen LogP contribution in [0.1, 0.15) is 61.4 Å². The molecule has 1 aliphatic heterocycles. The van der Waals surface area contributed by atoms with Gasteiger partial charge < -0.3 is 34.0 Å². The van der Waals surface area contributed by atoms with E-state index in [1.165, 1.54) is 30.3 Å². The van der Waals surface area contributed by atoms with Gasteiger partial charge in [0.1, 0.15) is 50.9 Å². The topological polar surface area (TPSA) is 168 Å². The number of cyclic esters (lactones) is 1. The lowest BCUT2D eigenvalue weighted by molar-refractivity contribution is -0.119. The van der Waals surface area contributed by atoms with E-state index in [4.69, 9.17) is 13.6 Å². The summed E-state index contributed by atoms with van der Waals surface area (Å²) in [6.07, 6.45) is 6.90. The number of phenols is 4. The molecule has 6 rings (SSSR count). The minimum Gasteiger partial charge on any atom is -0.508 e. The minimum absolute atomic E-state index is 0.00811. The van der Waals surface area contributed by atoms with Crippen LogP contribution in [-0.4, -0.2) is 38.3 Å². The molecule has 222 valence electrons. The maximum absolute atomic E-state index is 12.3. The monoisotopic (exact) mass is 586 g/mol. The summed E-state index contributed by atoms with van der Waals surface area (Å²) in [5.74, 6) is -0.758. The summed E-state index contributed by atoms with van der Waals surface area (Å²) in [6.45, 7) is 1.77. The van der Waals surface area contributed by atoms with Crippen molar-refractivity contribution in [2.24, 2.45) is 0 Å². The molecule has 43 heavy (non-hydrogen) atoms. The number of aromatic hydroxyl groups is 4. The predicted octanol–water partition coefficient (Wildman–Crippen LogP) is 6.68. The third-order valence-electron chi connectivity index (χ3n) is 7.13. The number of rotatable bonds is 0. The van der Waals surface area contributed by atoms with Crippen LogP contribution in [-0.2, 0) is 9.53 Å². The van der Waals surface area contributed by atoms with Crippen LogP contribution in [0.25, 0.3) is 39.0 Å². The number of carbonyl (C=O) groups excluding carboxylic acids is 2. The van der Waals surface area contributed by atoms with Crippen LogP contribution in [0.3, 0.4) is 0 Å². The van der Waals surface area contributed by atoms with E-state index in [-0.39, 0.29) is 46.0 Å². The van der Waals surface area contributed by atoms with Crippen molar-refractivity contribution in [3.63, 3.8) is 0 Å². The van der Waals surface area contributed by atoms with Gasteiger partial charge in [-0.15, -0.1) is 0 Å². The van der Waals surface area contributed by atoms with Crippen molar-refractivity contribution in [3.8, 4) is 23.0 Å². The second-order valence-electron chi connectivity index (χ2n) is 10.4. The summed E-state index contributed by atoms with van der Waals surface area (Å²) < 4.78 is 16.2. The highest BCUT2D eigenvalue weighted by atomic mass is 16.5. The Kier molecular flexibility index (Phi) is 8.38. The zero-order chi connectivity index (χ0) is 30.7. The summed E-state index contributed by atoms with van der Waals surface area (Å²) in [6, 6.07) is 11.6. The normalized spacial score (nSPS) is 17.1. The molecule has 2 aromatic heterocycles. The number of carbonyl (C=O) groups is 2. The van der Waals surface area contributed by atoms with Gasteiger partial charge in [-0.3, -0.25) is 4.79 Å². The number of esters is 1. The Morgan fingerprint density at radius 3 is 2.19 bits per heavy atom. The largest absolute Gasteiger partial charge is 0.508 e. The first-order valence-electron chi connectivity index (χ1n) is 13.9. The zero-order valence-corrected chi connectivity index (χ0v) is 23.3. The van der Waals surface area contributed by atoms with Crippen molar-refractivity contribution in [3.05, 3.63) is 76.2 Å². The molecule has 10 heteroatoms. The summed E-state index contributed by atoms with van der Waals surface area (Å²) in [5.41, 5.74) is 0.972. The van der Waals surface area contributed by atoms with Crippen LogP contribution < -0.4 is 5.63 Å². The van der Waals surface area contributed by atoms with Gasteiger partial charge in [-0.2, -0.15) is 0 Å². The van der Waals surface area contributed by atoms with Crippen molar-refractivity contribution in [1.82, 2.24) is 0 Å². The van der Waals surface area contributed by atoms with Crippen LogP contribution >= 0.6 is 0 Å². The van der Waals surface area contributed by atoms with Gasteiger partial charge in [0.05, 0.1) is 11.5 Å². The summed E-state index contributed by atoms with van der Waals surface area (Å²) in [5, 5.41) is 40.0. The molecular formula is C33H30O10. The molecule has 0 unspecified atom stereocenters. The van der Waals surface area contributed by atoms with Crippen LogP contribution in [0.15, 0.2) is 68.2 Å². The molecule has 0 saturated heterocycles. The van der Waals surface area contributed by atoms with E-state index < -0.39 is 11.6 Å². The van der Waals surface area contributed by atoms with E-state index in [2.05, 4.69) is 0 Å². The van der Waals surface area contributed by atoms with Gasteiger partial charge in [-0.05, 0) is 68.5 Å². The molecule has 0 bridgehead atoms. The highest BCUT2D eigenvalue weighted by Gasteiger charge is 2.21. The first-order chi connectivity index (χ1) is 20.6. The van der Waals surface area contributed by atoms with Crippen molar-refractivity contribution in [2.45, 2.75) is 51.6 Å². The Labute approximate surface area is 245 Å². The average Bonchev–Trinajstić information content (AvgIpc) is 3.31. The molecule has 0 aliphatic carbocycles. The highest BCUT2D eigenvalue weighted by Crippen LogP contribution is 2.34. The predicted molar refractivity (Wildman–Crippen MR) is 159 cm³/mol. The van der Waals surface area contributed by atoms with E-state index in [1.54, 1.807) is 25.1 Å². The van der Waals surface area contributed by atoms with E-state index >= 15 is 0 Å². The fraction of sp³-hybridized carbons (Fsp3) is 0.242. The summed E-state index contributed by atoms with van der Waals surface area (Å²) in [7, 11) is 0. The molecule has 10 nitrogen and oxygen atoms in total. The zero-order valence-electron chi connectivity index (χ0n) is 23.3. The molecule has 3 heterocycles. The Morgan fingerprint density at radius 2 is 1.44 bits per heavy atom. The number of allylic oxidation sites excluding steroid dienone is 1. The molecular weight excluding hydrogens is 556 g/mol. The van der Waals surface area contributed by atoms with E-state index in [0.717, 1.165) is 12.5 Å². The van der Waals surface area contributed by atoms with Crippen LogP contribution in [0.2, 0.25) is 0 Å². The molecule has 0 fully saturated rings. The number of ketones is 1. The van der Waals surface area contributed by atoms with Crippen molar-refractivity contribution >= 4 is 50.7 Å². The Morgan fingerprint density at radius 1 is 0.767 bits per heavy atom. The second kappa shape index (κ2) is 12.3. The van der Waals surface area contributed by atoms with Gasteiger partial charge in [-0.1, -0.05) is 12.2 Å². The first kappa shape index (κ1) is 29.2. The molecule has 0 amide bonds. The minimum atomic E-state index is -0.627. The second-order valence-corrected chi connectivity index (χ2v) is 10.4. The summed E-state index contributed by atoms with van der Waals surface area (Å²) in [4.78, 5) is 36.1.